The van der Waals surface area contributed by atoms with Gasteiger partial charge in [-0.05, 0) is 42.2 Å². The molecule has 2 aromatic heterocycles. The zero-order valence-corrected chi connectivity index (χ0v) is 14.8. The van der Waals surface area contributed by atoms with Crippen molar-refractivity contribution in [1.29, 1.82) is 0 Å². The van der Waals surface area contributed by atoms with Crippen molar-refractivity contribution in [3.8, 4) is 0 Å². The van der Waals surface area contributed by atoms with E-state index in [-0.39, 0.29) is 16.9 Å². The highest BCUT2D eigenvalue weighted by atomic mass is 16.1. The second kappa shape index (κ2) is 6.05. The summed E-state index contributed by atoms with van der Waals surface area (Å²) in [5.74, 6) is 1.01. The Balaban J connectivity index is 1.72. The molecule has 0 unspecified atom stereocenters. The number of benzene rings is 1. The number of nitrogens with one attached hydrogen (secondary N) is 1. The summed E-state index contributed by atoms with van der Waals surface area (Å²) in [6.07, 6.45) is 3.37. The second-order valence-electron chi connectivity index (χ2n) is 7.48. The molecule has 6 nitrogen and oxygen atoms in total. The Kier molecular flexibility index (Phi) is 3.83. The van der Waals surface area contributed by atoms with Crippen LogP contribution < -0.4 is 10.9 Å². The minimum absolute atomic E-state index is 0.0329. The number of fused-ring (bicyclic) bond motifs is 2. The zero-order chi connectivity index (χ0) is 18.3. The van der Waals surface area contributed by atoms with E-state index in [1.165, 1.54) is 0 Å². The van der Waals surface area contributed by atoms with Gasteiger partial charge >= 0.3 is 0 Å². The van der Waals surface area contributed by atoms with Crippen molar-refractivity contribution in [1.82, 2.24) is 14.5 Å². The van der Waals surface area contributed by atoms with Crippen LogP contribution in [0.3, 0.4) is 0 Å². The second-order valence-corrected chi connectivity index (χ2v) is 7.48. The third kappa shape index (κ3) is 2.98. The molecule has 0 bridgehead atoms. The first-order chi connectivity index (χ1) is 12.4. The maximum Gasteiger partial charge on any atom is 0.261 e. The summed E-state index contributed by atoms with van der Waals surface area (Å²) in [4.78, 5) is 34.1. The Labute approximate surface area is 150 Å². The maximum atomic E-state index is 12.8. The minimum atomic E-state index is -0.272. The smallest absolute Gasteiger partial charge is 0.261 e. The van der Waals surface area contributed by atoms with Crippen LogP contribution in [0.2, 0.25) is 0 Å². The van der Waals surface area contributed by atoms with Gasteiger partial charge in [0.2, 0.25) is 0 Å². The predicted molar refractivity (Wildman–Crippen MR) is 100 cm³/mol. The lowest BCUT2D eigenvalue weighted by molar-refractivity contribution is 0.102. The molecule has 4 rings (SSSR count). The highest BCUT2D eigenvalue weighted by molar-refractivity contribution is 6.05. The molecule has 1 amide bonds. The highest BCUT2D eigenvalue weighted by Gasteiger charge is 2.27. The summed E-state index contributed by atoms with van der Waals surface area (Å²) in [5.41, 5.74) is 1.08. The molecule has 0 spiro atoms. The van der Waals surface area contributed by atoms with Crippen molar-refractivity contribution in [2.24, 2.45) is 5.41 Å². The van der Waals surface area contributed by atoms with E-state index in [1.54, 1.807) is 47.2 Å². The normalized spacial score (nSPS) is 15.5. The van der Waals surface area contributed by atoms with Crippen molar-refractivity contribution >= 4 is 22.6 Å². The van der Waals surface area contributed by atoms with E-state index in [4.69, 9.17) is 0 Å². The number of aromatic nitrogens is 3. The molecule has 3 aromatic rings. The van der Waals surface area contributed by atoms with Crippen LogP contribution in [0.4, 0.5) is 5.82 Å². The van der Waals surface area contributed by atoms with Gasteiger partial charge < -0.3 is 5.32 Å². The molecule has 0 atom stereocenters. The standard InChI is InChI=1S/C20H20N4O2/c1-20(2)9-8-17-22-15-11-13(6-7-14(15)19(26)24(17)12-20)18(25)23-16-5-3-4-10-21-16/h3-7,10-11H,8-9,12H2,1-2H3,(H,21,23,25). The number of hydrogen-bond acceptors (Lipinski definition) is 4. The Hall–Kier alpha value is -3.02. The zero-order valence-electron chi connectivity index (χ0n) is 14.8. The summed E-state index contributed by atoms with van der Waals surface area (Å²) in [7, 11) is 0. The fourth-order valence-corrected chi connectivity index (χ4v) is 3.34. The van der Waals surface area contributed by atoms with Gasteiger partial charge in [-0.15, -0.1) is 0 Å². The van der Waals surface area contributed by atoms with E-state index in [0.29, 0.717) is 28.8 Å². The predicted octanol–water partition coefficient (Wildman–Crippen LogP) is 3.02. The lowest BCUT2D eigenvalue weighted by atomic mass is 9.85. The van der Waals surface area contributed by atoms with Gasteiger partial charge in [-0.1, -0.05) is 19.9 Å². The molecule has 0 aliphatic carbocycles. The van der Waals surface area contributed by atoms with E-state index in [0.717, 1.165) is 18.7 Å². The molecule has 0 radical (unpaired) electrons. The molecule has 1 aliphatic heterocycles. The van der Waals surface area contributed by atoms with Crippen LogP contribution in [0.1, 0.15) is 36.5 Å². The summed E-state index contributed by atoms with van der Waals surface area (Å²) in [6.45, 7) is 5.00. The van der Waals surface area contributed by atoms with E-state index in [9.17, 15) is 9.59 Å². The van der Waals surface area contributed by atoms with E-state index >= 15 is 0 Å². The van der Waals surface area contributed by atoms with Crippen molar-refractivity contribution < 1.29 is 4.79 Å². The number of amides is 1. The number of carbonyl (C=O) groups is 1. The molecule has 1 aliphatic rings. The first-order valence-corrected chi connectivity index (χ1v) is 8.69. The number of nitrogens with zero attached hydrogens (tertiary/aromatic N) is 3. The van der Waals surface area contributed by atoms with E-state index in [2.05, 4.69) is 29.1 Å². The number of rotatable bonds is 2. The first-order valence-electron chi connectivity index (χ1n) is 8.69. The van der Waals surface area contributed by atoms with E-state index in [1.807, 2.05) is 0 Å². The van der Waals surface area contributed by atoms with Gasteiger partial charge in [0.1, 0.15) is 11.6 Å². The van der Waals surface area contributed by atoms with Crippen molar-refractivity contribution in [3.63, 3.8) is 0 Å². The van der Waals surface area contributed by atoms with Gasteiger partial charge in [0, 0.05) is 24.7 Å². The lowest BCUT2D eigenvalue weighted by Gasteiger charge is -2.31. The van der Waals surface area contributed by atoms with Gasteiger partial charge in [-0.2, -0.15) is 0 Å². The van der Waals surface area contributed by atoms with Gasteiger partial charge in [-0.3, -0.25) is 14.2 Å². The summed E-state index contributed by atoms with van der Waals surface area (Å²) < 4.78 is 1.78. The minimum Gasteiger partial charge on any atom is -0.307 e. The third-order valence-electron chi connectivity index (χ3n) is 4.81. The van der Waals surface area contributed by atoms with Crippen molar-refractivity contribution in [2.45, 2.75) is 33.2 Å². The molecule has 1 aromatic carbocycles. The molecular weight excluding hydrogens is 328 g/mol. The van der Waals surface area contributed by atoms with Crippen LogP contribution in [-0.2, 0) is 13.0 Å². The lowest BCUT2D eigenvalue weighted by Crippen LogP contribution is -2.36. The molecule has 0 fully saturated rings. The molecule has 6 heteroatoms. The van der Waals surface area contributed by atoms with Gasteiger partial charge in [0.25, 0.3) is 11.5 Å². The quantitative estimate of drug-likeness (QED) is 0.772. The molecule has 26 heavy (non-hydrogen) atoms. The molecular formula is C20H20N4O2. The largest absolute Gasteiger partial charge is 0.307 e. The van der Waals surface area contributed by atoms with Gasteiger partial charge in [-0.25, -0.2) is 9.97 Å². The number of carbonyl (C=O) groups excluding carboxylic acids is 1. The highest BCUT2D eigenvalue weighted by Crippen LogP contribution is 2.29. The molecule has 132 valence electrons. The van der Waals surface area contributed by atoms with Crippen LogP contribution in [0, 0.1) is 5.41 Å². The summed E-state index contributed by atoms with van der Waals surface area (Å²) >= 11 is 0. The first kappa shape index (κ1) is 16.4. The number of hydrogen-bond donors (Lipinski definition) is 1. The summed E-state index contributed by atoms with van der Waals surface area (Å²) in [5, 5.41) is 3.29. The van der Waals surface area contributed by atoms with Gasteiger partial charge in [0.05, 0.1) is 10.9 Å². The maximum absolute atomic E-state index is 12.8. The number of anilines is 1. The Bertz CT molecular complexity index is 1050. The van der Waals surface area contributed by atoms with Crippen molar-refractivity contribution in [2.75, 3.05) is 5.32 Å². The molecule has 1 N–H and O–H groups in total. The number of aryl methyl sites for hydroxylation is 1. The van der Waals surface area contributed by atoms with Crippen LogP contribution >= 0.6 is 0 Å². The molecule has 3 heterocycles. The third-order valence-corrected chi connectivity index (χ3v) is 4.81. The average Bonchev–Trinajstić information content (AvgIpc) is 2.63. The Morgan fingerprint density at radius 1 is 1.23 bits per heavy atom. The average molecular weight is 348 g/mol. The van der Waals surface area contributed by atoms with Gasteiger partial charge in [0.15, 0.2) is 0 Å². The van der Waals surface area contributed by atoms with Crippen LogP contribution in [-0.4, -0.2) is 20.4 Å². The molecule has 0 saturated carbocycles. The van der Waals surface area contributed by atoms with Crippen molar-refractivity contribution in [3.05, 3.63) is 64.3 Å². The summed E-state index contributed by atoms with van der Waals surface area (Å²) in [6, 6.07) is 10.3. The Morgan fingerprint density at radius 3 is 2.85 bits per heavy atom. The Morgan fingerprint density at radius 2 is 2.08 bits per heavy atom. The fraction of sp³-hybridized carbons (Fsp3) is 0.300. The monoisotopic (exact) mass is 348 g/mol. The SMILES string of the molecule is CC1(C)CCc2nc3cc(C(=O)Nc4ccccn4)ccc3c(=O)n2C1. The topological polar surface area (TPSA) is 76.9 Å². The van der Waals surface area contributed by atoms with Crippen LogP contribution in [0.15, 0.2) is 47.4 Å². The van der Waals surface area contributed by atoms with Crippen LogP contribution in [0.5, 0.6) is 0 Å². The van der Waals surface area contributed by atoms with Crippen LogP contribution in [0.25, 0.3) is 10.9 Å². The van der Waals surface area contributed by atoms with E-state index < -0.39 is 0 Å². The number of pyridine rings is 1. The fourth-order valence-electron chi connectivity index (χ4n) is 3.34. The molecule has 0 saturated heterocycles.